The van der Waals surface area contributed by atoms with Crippen LogP contribution in [-0.2, 0) is 9.47 Å². The van der Waals surface area contributed by atoms with Crippen molar-refractivity contribution in [2.75, 3.05) is 18.0 Å². The first-order valence-corrected chi connectivity index (χ1v) is 11.3. The standard InChI is InChI=1S/C24H37NO6/c1-8-9-10-13-16(26)19-17(21(27)30-23(2,3)4)18(22(28)31-24(5,6)7)20(29-19)25-14-11-12-15-25/h8-15H2,1-7H3. The normalized spacial score (nSPS) is 14.6. The second kappa shape index (κ2) is 9.88. The first kappa shape index (κ1) is 25.0. The molecule has 174 valence electrons. The molecule has 0 spiro atoms. The van der Waals surface area contributed by atoms with Crippen LogP contribution in [0.25, 0.3) is 0 Å². The predicted molar refractivity (Wildman–Crippen MR) is 119 cm³/mol. The van der Waals surface area contributed by atoms with Gasteiger partial charge in [0.2, 0.25) is 5.88 Å². The van der Waals surface area contributed by atoms with E-state index in [-0.39, 0.29) is 35.0 Å². The lowest BCUT2D eigenvalue weighted by Crippen LogP contribution is -2.29. The molecule has 0 radical (unpaired) electrons. The van der Waals surface area contributed by atoms with Gasteiger partial charge >= 0.3 is 11.9 Å². The molecule has 31 heavy (non-hydrogen) atoms. The van der Waals surface area contributed by atoms with Gasteiger partial charge in [0.15, 0.2) is 11.5 Å². The molecule has 1 aromatic rings. The SMILES string of the molecule is CCCCCC(=O)c1oc(N2CCCC2)c(C(=O)OC(C)(C)C)c1C(=O)OC(C)(C)C. The van der Waals surface area contributed by atoms with Gasteiger partial charge in [-0.1, -0.05) is 19.8 Å². The van der Waals surface area contributed by atoms with Crippen molar-refractivity contribution >= 4 is 23.6 Å². The molecule has 1 saturated heterocycles. The zero-order chi connectivity index (χ0) is 23.4. The number of Topliss-reactive ketones (excluding diaryl/α,β-unsaturated/α-hetero) is 1. The highest BCUT2D eigenvalue weighted by Crippen LogP contribution is 2.36. The van der Waals surface area contributed by atoms with E-state index in [1.165, 1.54) is 0 Å². The molecule has 0 amide bonds. The highest BCUT2D eigenvalue weighted by Gasteiger charge is 2.39. The van der Waals surface area contributed by atoms with Crippen molar-refractivity contribution in [1.82, 2.24) is 0 Å². The molecule has 0 aliphatic carbocycles. The summed E-state index contributed by atoms with van der Waals surface area (Å²) in [4.78, 5) is 41.3. The minimum absolute atomic E-state index is 0.00934. The van der Waals surface area contributed by atoms with Gasteiger partial charge < -0.3 is 18.8 Å². The van der Waals surface area contributed by atoms with Crippen molar-refractivity contribution in [1.29, 1.82) is 0 Å². The number of ketones is 1. The molecule has 0 unspecified atom stereocenters. The topological polar surface area (TPSA) is 86.0 Å². The number of hydrogen-bond donors (Lipinski definition) is 0. The summed E-state index contributed by atoms with van der Waals surface area (Å²) in [7, 11) is 0. The van der Waals surface area contributed by atoms with Gasteiger partial charge in [-0.2, -0.15) is 0 Å². The lowest BCUT2D eigenvalue weighted by molar-refractivity contribution is 0.00197. The van der Waals surface area contributed by atoms with Crippen molar-refractivity contribution in [2.45, 2.75) is 98.2 Å². The highest BCUT2D eigenvalue weighted by atomic mass is 16.6. The Labute approximate surface area is 185 Å². The van der Waals surface area contributed by atoms with Crippen LogP contribution in [0, 0.1) is 0 Å². The number of hydrogen-bond acceptors (Lipinski definition) is 7. The van der Waals surface area contributed by atoms with Crippen LogP contribution in [0.2, 0.25) is 0 Å². The van der Waals surface area contributed by atoms with E-state index in [0.717, 1.165) is 25.7 Å². The molecule has 1 aromatic heterocycles. The molecule has 0 bridgehead atoms. The first-order chi connectivity index (χ1) is 14.3. The molecular weight excluding hydrogens is 398 g/mol. The molecule has 7 nitrogen and oxygen atoms in total. The Morgan fingerprint density at radius 1 is 0.871 bits per heavy atom. The highest BCUT2D eigenvalue weighted by molar-refractivity contribution is 6.13. The van der Waals surface area contributed by atoms with Crippen molar-refractivity contribution in [3.8, 4) is 0 Å². The Morgan fingerprint density at radius 3 is 1.87 bits per heavy atom. The summed E-state index contributed by atoms with van der Waals surface area (Å²) < 4.78 is 17.1. The van der Waals surface area contributed by atoms with Crippen LogP contribution in [0.4, 0.5) is 5.88 Å². The second-order valence-electron chi connectivity index (χ2n) is 10.1. The third kappa shape index (κ3) is 6.84. The second-order valence-corrected chi connectivity index (χ2v) is 10.1. The maximum atomic E-state index is 13.2. The van der Waals surface area contributed by atoms with Gasteiger partial charge in [0.25, 0.3) is 0 Å². The Hall–Kier alpha value is -2.31. The van der Waals surface area contributed by atoms with E-state index in [2.05, 4.69) is 6.92 Å². The van der Waals surface area contributed by atoms with Gasteiger partial charge in [-0.05, 0) is 60.8 Å². The molecule has 1 aliphatic heterocycles. The summed E-state index contributed by atoms with van der Waals surface area (Å²) in [5, 5.41) is 0. The van der Waals surface area contributed by atoms with Crippen LogP contribution in [-0.4, -0.2) is 42.0 Å². The van der Waals surface area contributed by atoms with Crippen molar-refractivity contribution in [3.05, 3.63) is 16.9 Å². The zero-order valence-electron chi connectivity index (χ0n) is 20.1. The van der Waals surface area contributed by atoms with E-state index in [0.29, 0.717) is 19.5 Å². The van der Waals surface area contributed by atoms with Crippen LogP contribution in [0.3, 0.4) is 0 Å². The number of unbranched alkanes of at least 4 members (excludes halogenated alkanes) is 2. The van der Waals surface area contributed by atoms with Crippen LogP contribution < -0.4 is 4.90 Å². The molecule has 1 fully saturated rings. The molecule has 2 rings (SSSR count). The smallest absolute Gasteiger partial charge is 0.345 e. The van der Waals surface area contributed by atoms with Crippen LogP contribution in [0.15, 0.2) is 4.42 Å². The number of esters is 2. The summed E-state index contributed by atoms with van der Waals surface area (Å²) in [6, 6.07) is 0. The van der Waals surface area contributed by atoms with Crippen molar-refractivity contribution in [2.24, 2.45) is 0 Å². The molecular formula is C24H37NO6. The monoisotopic (exact) mass is 435 g/mol. The van der Waals surface area contributed by atoms with Gasteiger partial charge in [-0.3, -0.25) is 4.79 Å². The zero-order valence-corrected chi connectivity index (χ0v) is 20.1. The number of anilines is 1. The predicted octanol–water partition coefficient (Wildman–Crippen LogP) is 5.55. The fourth-order valence-corrected chi connectivity index (χ4v) is 3.45. The number of nitrogens with zero attached hydrogens (tertiary/aromatic N) is 1. The Bertz CT molecular complexity index is 803. The van der Waals surface area contributed by atoms with E-state index >= 15 is 0 Å². The third-order valence-corrected chi connectivity index (χ3v) is 4.75. The molecule has 0 aromatic carbocycles. The van der Waals surface area contributed by atoms with Gasteiger partial charge in [0.05, 0.1) is 0 Å². The summed E-state index contributed by atoms with van der Waals surface area (Å²) in [5.41, 5.74) is -1.69. The minimum Gasteiger partial charge on any atom is -0.456 e. The average Bonchev–Trinajstić information content (AvgIpc) is 3.26. The Balaban J connectivity index is 2.62. The third-order valence-electron chi connectivity index (χ3n) is 4.75. The van der Waals surface area contributed by atoms with Crippen LogP contribution >= 0.6 is 0 Å². The fourth-order valence-electron chi connectivity index (χ4n) is 3.45. The summed E-state index contributed by atoms with van der Waals surface area (Å²) in [6.45, 7) is 13.9. The van der Waals surface area contributed by atoms with E-state index in [1.54, 1.807) is 41.5 Å². The lowest BCUT2D eigenvalue weighted by Gasteiger charge is -2.22. The number of carbonyl (C=O) groups excluding carboxylic acids is 3. The number of furan rings is 1. The minimum atomic E-state index is -0.796. The molecule has 0 atom stereocenters. The maximum Gasteiger partial charge on any atom is 0.345 e. The Kier molecular flexibility index (Phi) is 7.95. The van der Waals surface area contributed by atoms with Crippen molar-refractivity contribution < 1.29 is 28.3 Å². The average molecular weight is 436 g/mol. The summed E-state index contributed by atoms with van der Waals surface area (Å²) in [6.07, 6.45) is 4.67. The van der Waals surface area contributed by atoms with Crippen LogP contribution in [0.1, 0.15) is 118 Å². The lowest BCUT2D eigenvalue weighted by atomic mass is 10.0. The number of rotatable bonds is 8. The van der Waals surface area contributed by atoms with E-state index in [1.807, 2.05) is 4.90 Å². The fraction of sp³-hybridized carbons (Fsp3) is 0.708. The summed E-state index contributed by atoms with van der Waals surface area (Å²) in [5.74, 6) is -1.61. The molecule has 0 saturated carbocycles. The van der Waals surface area contributed by atoms with Crippen molar-refractivity contribution in [3.63, 3.8) is 0 Å². The van der Waals surface area contributed by atoms with E-state index < -0.39 is 23.1 Å². The van der Waals surface area contributed by atoms with E-state index in [4.69, 9.17) is 13.9 Å². The summed E-state index contributed by atoms with van der Waals surface area (Å²) >= 11 is 0. The molecule has 2 heterocycles. The van der Waals surface area contributed by atoms with Gasteiger partial charge in [-0.15, -0.1) is 0 Å². The van der Waals surface area contributed by atoms with Gasteiger partial charge in [0, 0.05) is 19.5 Å². The first-order valence-electron chi connectivity index (χ1n) is 11.3. The van der Waals surface area contributed by atoms with E-state index in [9.17, 15) is 14.4 Å². The number of carbonyl (C=O) groups is 3. The molecule has 7 heteroatoms. The largest absolute Gasteiger partial charge is 0.456 e. The maximum absolute atomic E-state index is 13.2. The number of ether oxygens (including phenoxy) is 2. The Morgan fingerprint density at radius 2 is 1.39 bits per heavy atom. The molecule has 0 N–H and O–H groups in total. The van der Waals surface area contributed by atoms with Gasteiger partial charge in [-0.25, -0.2) is 9.59 Å². The quantitative estimate of drug-likeness (QED) is 0.300. The van der Waals surface area contributed by atoms with Gasteiger partial charge in [0.1, 0.15) is 22.3 Å². The van der Waals surface area contributed by atoms with Crippen LogP contribution in [0.5, 0.6) is 0 Å². The molecule has 1 aliphatic rings.